The molecule has 3 rings (SSSR count). The molecule has 0 N–H and O–H groups in total. The van der Waals surface area contributed by atoms with Gasteiger partial charge in [0.1, 0.15) is 6.10 Å². The summed E-state index contributed by atoms with van der Waals surface area (Å²) in [6, 6.07) is 0.739. The van der Waals surface area contributed by atoms with Crippen molar-refractivity contribution in [3.05, 3.63) is 0 Å². The van der Waals surface area contributed by atoms with Crippen molar-refractivity contribution in [1.82, 2.24) is 0 Å². The van der Waals surface area contributed by atoms with Crippen molar-refractivity contribution in [3.63, 3.8) is 0 Å². The van der Waals surface area contributed by atoms with Gasteiger partial charge in [0.05, 0.1) is 26.2 Å². The number of ether oxygens (including phenoxy) is 1. The Labute approximate surface area is 116 Å². The second kappa shape index (κ2) is 5.08. The minimum absolute atomic E-state index is 0.0798. The molecular formula is C16H28NO2+. The highest BCUT2D eigenvalue weighted by molar-refractivity contribution is 5.66. The number of hydrogen-bond acceptors (Lipinski definition) is 2. The Bertz CT molecular complexity index is 349. The number of fused-ring (bicyclic) bond motifs is 2. The molecule has 3 heteroatoms. The maximum Gasteiger partial charge on any atom is 0.302 e. The largest absolute Gasteiger partial charge is 0.462 e. The van der Waals surface area contributed by atoms with Crippen molar-refractivity contribution in [3.8, 4) is 0 Å². The Morgan fingerprint density at radius 2 is 1.74 bits per heavy atom. The molecule has 3 fully saturated rings. The molecule has 2 aliphatic carbocycles. The first-order valence-electron chi connectivity index (χ1n) is 8.11. The lowest BCUT2D eigenvalue weighted by molar-refractivity contribution is -0.942. The van der Waals surface area contributed by atoms with E-state index < -0.39 is 0 Å². The van der Waals surface area contributed by atoms with Crippen LogP contribution in [0.2, 0.25) is 0 Å². The van der Waals surface area contributed by atoms with Crippen LogP contribution in [-0.2, 0) is 9.53 Å². The summed E-state index contributed by atoms with van der Waals surface area (Å²) in [5.74, 6) is 1.20. The molecule has 2 saturated carbocycles. The summed E-state index contributed by atoms with van der Waals surface area (Å²) in [6.07, 6.45) is 9.56. The lowest BCUT2D eigenvalue weighted by atomic mass is 9.79. The zero-order chi connectivity index (χ0) is 13.5. The Morgan fingerprint density at radius 3 is 2.42 bits per heavy atom. The lowest BCUT2D eigenvalue weighted by Crippen LogP contribution is -2.60. The predicted molar refractivity (Wildman–Crippen MR) is 74.6 cm³/mol. The number of carbonyl (C=O) groups excluding carboxylic acids is 1. The first kappa shape index (κ1) is 13.4. The molecule has 1 heterocycles. The lowest BCUT2D eigenvalue weighted by Gasteiger charge is -2.49. The van der Waals surface area contributed by atoms with Crippen molar-refractivity contribution < 1.29 is 14.0 Å². The quantitative estimate of drug-likeness (QED) is 0.567. The van der Waals surface area contributed by atoms with Gasteiger partial charge in [0.25, 0.3) is 0 Å². The molecule has 0 amide bonds. The summed E-state index contributed by atoms with van der Waals surface area (Å²) >= 11 is 0. The first-order chi connectivity index (χ1) is 9.10. The third-order valence-electron chi connectivity index (χ3n) is 6.03. The molecule has 2 bridgehead atoms. The number of nitrogens with zero attached hydrogens (tertiary/aromatic N) is 1. The fourth-order valence-electron chi connectivity index (χ4n) is 5.12. The molecule has 0 radical (unpaired) electrons. The summed E-state index contributed by atoms with van der Waals surface area (Å²) in [5, 5.41) is 0. The third kappa shape index (κ3) is 2.42. The fourth-order valence-corrected chi connectivity index (χ4v) is 5.12. The van der Waals surface area contributed by atoms with E-state index in [4.69, 9.17) is 4.74 Å². The van der Waals surface area contributed by atoms with E-state index in [1.807, 2.05) is 0 Å². The van der Waals surface area contributed by atoms with E-state index in [2.05, 4.69) is 7.05 Å². The fraction of sp³-hybridized carbons (Fsp3) is 0.938. The number of esters is 1. The highest BCUT2D eigenvalue weighted by atomic mass is 16.5. The van der Waals surface area contributed by atoms with Crippen LogP contribution >= 0.6 is 0 Å². The van der Waals surface area contributed by atoms with Gasteiger partial charge in [-0.25, -0.2) is 0 Å². The van der Waals surface area contributed by atoms with Gasteiger partial charge in [-0.05, 0) is 44.4 Å². The van der Waals surface area contributed by atoms with Gasteiger partial charge >= 0.3 is 5.97 Å². The molecule has 0 aromatic heterocycles. The summed E-state index contributed by atoms with van der Waals surface area (Å²) < 4.78 is 6.94. The van der Waals surface area contributed by atoms with Gasteiger partial charge in [-0.3, -0.25) is 4.79 Å². The number of likely N-dealkylation sites (tertiary alicyclic amines) is 1. The van der Waals surface area contributed by atoms with Crippen LogP contribution in [0.25, 0.3) is 0 Å². The zero-order valence-corrected chi connectivity index (χ0v) is 12.4. The van der Waals surface area contributed by atoms with Crippen molar-refractivity contribution >= 4 is 5.97 Å². The van der Waals surface area contributed by atoms with E-state index in [0.29, 0.717) is 11.8 Å². The molecule has 1 saturated heterocycles. The average Bonchev–Trinajstić information content (AvgIpc) is 2.62. The molecule has 3 nitrogen and oxygen atoms in total. The van der Waals surface area contributed by atoms with E-state index in [1.165, 1.54) is 62.5 Å². The molecule has 4 atom stereocenters. The number of hydrogen-bond donors (Lipinski definition) is 0. The van der Waals surface area contributed by atoms with Crippen LogP contribution < -0.4 is 0 Å². The maximum absolute atomic E-state index is 11.4. The topological polar surface area (TPSA) is 26.3 Å². The summed E-state index contributed by atoms with van der Waals surface area (Å²) in [6.45, 7) is 4.23. The Kier molecular flexibility index (Phi) is 3.59. The number of piperidine rings is 1. The van der Waals surface area contributed by atoms with Gasteiger partial charge in [0, 0.05) is 19.3 Å². The van der Waals surface area contributed by atoms with Crippen LogP contribution in [0.5, 0.6) is 0 Å². The minimum atomic E-state index is -0.0798. The van der Waals surface area contributed by atoms with Crippen molar-refractivity contribution in [2.24, 2.45) is 11.8 Å². The average molecular weight is 266 g/mol. The molecule has 0 aromatic carbocycles. The van der Waals surface area contributed by atoms with Crippen LogP contribution in [0.1, 0.15) is 51.9 Å². The minimum Gasteiger partial charge on any atom is -0.462 e. The van der Waals surface area contributed by atoms with Crippen molar-refractivity contribution in [2.45, 2.75) is 64.0 Å². The molecule has 19 heavy (non-hydrogen) atoms. The van der Waals surface area contributed by atoms with E-state index in [-0.39, 0.29) is 12.1 Å². The Morgan fingerprint density at radius 1 is 1.05 bits per heavy atom. The van der Waals surface area contributed by atoms with Gasteiger partial charge in [0.2, 0.25) is 0 Å². The summed E-state index contributed by atoms with van der Waals surface area (Å²) in [7, 11) is 2.45. The smallest absolute Gasteiger partial charge is 0.302 e. The van der Waals surface area contributed by atoms with Gasteiger partial charge in [0.15, 0.2) is 0 Å². The maximum atomic E-state index is 11.4. The molecule has 108 valence electrons. The molecule has 0 spiro atoms. The van der Waals surface area contributed by atoms with Crippen molar-refractivity contribution in [1.29, 1.82) is 0 Å². The number of rotatable bonds is 2. The van der Waals surface area contributed by atoms with Crippen LogP contribution in [-0.4, -0.2) is 42.7 Å². The SMILES string of the molecule is CC(=O)O[C@H]1[C@H]2CC[C@@H]1[C@H]([N+]1(C)CCCCC1)CC2. The first-order valence-corrected chi connectivity index (χ1v) is 8.11. The van der Waals surface area contributed by atoms with Crippen LogP contribution in [0.15, 0.2) is 0 Å². The van der Waals surface area contributed by atoms with E-state index >= 15 is 0 Å². The van der Waals surface area contributed by atoms with Gasteiger partial charge in [-0.2, -0.15) is 0 Å². The number of carbonyl (C=O) groups is 1. The Balaban J connectivity index is 1.77. The van der Waals surface area contributed by atoms with Crippen LogP contribution in [0.3, 0.4) is 0 Å². The normalized spacial score (nSPS) is 40.9. The number of quaternary nitrogens is 1. The zero-order valence-electron chi connectivity index (χ0n) is 12.4. The molecule has 0 unspecified atom stereocenters. The van der Waals surface area contributed by atoms with Crippen LogP contribution in [0.4, 0.5) is 0 Å². The standard InChI is InChI=1S/C16H28NO2/c1-12(18)19-16-13-6-8-14(16)15(9-7-13)17(2)10-4-3-5-11-17/h13-16H,3-11H2,1-2H3/q+1/t13-,14+,15+,16-/m0/s1. The predicted octanol–water partition coefficient (Wildman–Crippen LogP) is 2.74. The highest BCUT2D eigenvalue weighted by Crippen LogP contribution is 2.47. The van der Waals surface area contributed by atoms with Crippen molar-refractivity contribution in [2.75, 3.05) is 20.1 Å². The van der Waals surface area contributed by atoms with Crippen LogP contribution in [0, 0.1) is 11.8 Å². The van der Waals surface area contributed by atoms with E-state index in [9.17, 15) is 4.79 Å². The highest BCUT2D eigenvalue weighted by Gasteiger charge is 2.52. The summed E-state index contributed by atoms with van der Waals surface area (Å²) in [5.41, 5.74) is 0. The van der Waals surface area contributed by atoms with Gasteiger partial charge in [-0.15, -0.1) is 0 Å². The second-order valence-corrected chi connectivity index (χ2v) is 7.21. The summed E-state index contributed by atoms with van der Waals surface area (Å²) in [4.78, 5) is 11.4. The second-order valence-electron chi connectivity index (χ2n) is 7.21. The van der Waals surface area contributed by atoms with Gasteiger partial charge < -0.3 is 9.22 Å². The molecular weight excluding hydrogens is 238 g/mol. The van der Waals surface area contributed by atoms with E-state index in [1.54, 1.807) is 6.92 Å². The molecule has 3 aliphatic rings. The molecule has 0 aromatic rings. The Hall–Kier alpha value is -0.570. The molecule has 1 aliphatic heterocycles. The monoisotopic (exact) mass is 266 g/mol. The third-order valence-corrected chi connectivity index (χ3v) is 6.03. The van der Waals surface area contributed by atoms with Gasteiger partial charge in [-0.1, -0.05) is 0 Å². The van der Waals surface area contributed by atoms with E-state index in [0.717, 1.165) is 6.04 Å².